The lowest BCUT2D eigenvalue weighted by atomic mass is 10.2. The van der Waals surface area contributed by atoms with Crippen molar-refractivity contribution < 1.29 is 0 Å². The van der Waals surface area contributed by atoms with Gasteiger partial charge in [0.05, 0.1) is 0 Å². The van der Waals surface area contributed by atoms with E-state index in [0.29, 0.717) is 12.6 Å². The van der Waals surface area contributed by atoms with Crippen LogP contribution in [0.2, 0.25) is 0 Å². The van der Waals surface area contributed by atoms with Crippen molar-refractivity contribution in [2.24, 2.45) is 5.73 Å². The van der Waals surface area contributed by atoms with E-state index in [1.807, 2.05) is 24.9 Å². The highest BCUT2D eigenvalue weighted by Crippen LogP contribution is 2.20. The van der Waals surface area contributed by atoms with Crippen molar-refractivity contribution in [3.8, 4) is 0 Å². The molecule has 0 amide bonds. The average molecular weight is 254 g/mol. The van der Waals surface area contributed by atoms with Crippen LogP contribution in [0.5, 0.6) is 0 Å². The van der Waals surface area contributed by atoms with Gasteiger partial charge in [-0.1, -0.05) is 6.92 Å². The molecule has 0 aliphatic heterocycles. The summed E-state index contributed by atoms with van der Waals surface area (Å²) in [7, 11) is 2.09. The average Bonchev–Trinajstić information content (AvgIpc) is 2.35. The summed E-state index contributed by atoms with van der Waals surface area (Å²) in [6, 6.07) is 0.490. The second kappa shape index (κ2) is 6.81. The lowest BCUT2D eigenvalue weighted by Gasteiger charge is -2.29. The Kier molecular flexibility index (Phi) is 5.71. The van der Waals surface area contributed by atoms with Gasteiger partial charge in [-0.2, -0.15) is 11.8 Å². The molecule has 0 radical (unpaired) electrons. The van der Waals surface area contributed by atoms with Gasteiger partial charge in [0.15, 0.2) is 0 Å². The van der Waals surface area contributed by atoms with Crippen molar-refractivity contribution in [3.05, 3.63) is 17.6 Å². The van der Waals surface area contributed by atoms with Gasteiger partial charge in [-0.05, 0) is 19.6 Å². The van der Waals surface area contributed by atoms with Crippen LogP contribution in [0.1, 0.15) is 24.7 Å². The highest BCUT2D eigenvalue weighted by molar-refractivity contribution is 7.98. The molecule has 0 bridgehead atoms. The molecule has 2 N–H and O–H groups in total. The molecule has 17 heavy (non-hydrogen) atoms. The SMILES string of the molecule is CCC(CSC)N(C)c1nc(C)ncc1CN. The van der Waals surface area contributed by atoms with E-state index in [2.05, 4.69) is 35.1 Å². The molecule has 1 aromatic rings. The Morgan fingerprint density at radius 1 is 1.53 bits per heavy atom. The van der Waals surface area contributed by atoms with Gasteiger partial charge in [-0.15, -0.1) is 0 Å². The number of nitrogens with two attached hydrogens (primary N) is 1. The second-order valence-corrected chi connectivity index (χ2v) is 5.01. The molecule has 5 heteroatoms. The van der Waals surface area contributed by atoms with E-state index in [-0.39, 0.29) is 0 Å². The monoisotopic (exact) mass is 254 g/mol. The van der Waals surface area contributed by atoms with Gasteiger partial charge in [-0.3, -0.25) is 0 Å². The Morgan fingerprint density at radius 3 is 2.76 bits per heavy atom. The zero-order chi connectivity index (χ0) is 12.8. The van der Waals surface area contributed by atoms with E-state index in [4.69, 9.17) is 5.73 Å². The number of hydrogen-bond donors (Lipinski definition) is 1. The van der Waals surface area contributed by atoms with Gasteiger partial charge >= 0.3 is 0 Å². The Morgan fingerprint density at radius 2 is 2.24 bits per heavy atom. The fraction of sp³-hybridized carbons (Fsp3) is 0.667. The van der Waals surface area contributed by atoms with Crippen LogP contribution in [-0.2, 0) is 6.54 Å². The van der Waals surface area contributed by atoms with E-state index in [1.165, 1.54) is 0 Å². The first-order chi connectivity index (χ1) is 8.13. The Hall–Kier alpha value is -0.810. The van der Waals surface area contributed by atoms with Crippen molar-refractivity contribution in [1.29, 1.82) is 0 Å². The summed E-state index contributed by atoms with van der Waals surface area (Å²) in [5.41, 5.74) is 6.75. The fourth-order valence-corrected chi connectivity index (χ4v) is 2.65. The van der Waals surface area contributed by atoms with E-state index in [0.717, 1.165) is 29.4 Å². The van der Waals surface area contributed by atoms with Crippen molar-refractivity contribution in [3.63, 3.8) is 0 Å². The van der Waals surface area contributed by atoms with Crippen LogP contribution < -0.4 is 10.6 Å². The van der Waals surface area contributed by atoms with Gasteiger partial charge in [0.2, 0.25) is 0 Å². The third-order valence-corrected chi connectivity index (χ3v) is 3.61. The van der Waals surface area contributed by atoms with Gasteiger partial charge < -0.3 is 10.6 Å². The minimum atomic E-state index is 0.482. The predicted octanol–water partition coefficient (Wildman–Crippen LogP) is 1.82. The molecule has 0 aliphatic carbocycles. The van der Waals surface area contributed by atoms with Crippen LogP contribution in [0.15, 0.2) is 6.20 Å². The Balaban J connectivity index is 2.99. The lowest BCUT2D eigenvalue weighted by Crippen LogP contribution is -2.35. The van der Waals surface area contributed by atoms with E-state index in [9.17, 15) is 0 Å². The highest BCUT2D eigenvalue weighted by atomic mass is 32.2. The van der Waals surface area contributed by atoms with Crippen LogP contribution in [0, 0.1) is 6.92 Å². The van der Waals surface area contributed by atoms with E-state index < -0.39 is 0 Å². The maximum atomic E-state index is 5.74. The molecular formula is C12H22N4S. The molecular weight excluding hydrogens is 232 g/mol. The van der Waals surface area contributed by atoms with Gasteiger partial charge in [0.25, 0.3) is 0 Å². The standard InChI is InChI=1S/C12H22N4S/c1-5-11(8-17-4)16(3)12-10(6-13)7-14-9(2)15-12/h7,11H,5-6,8,13H2,1-4H3. The first-order valence-electron chi connectivity index (χ1n) is 5.88. The summed E-state index contributed by atoms with van der Waals surface area (Å²) in [5.74, 6) is 2.86. The van der Waals surface area contributed by atoms with Crippen molar-refractivity contribution >= 4 is 17.6 Å². The largest absolute Gasteiger partial charge is 0.355 e. The topological polar surface area (TPSA) is 55.0 Å². The highest BCUT2D eigenvalue weighted by Gasteiger charge is 2.17. The van der Waals surface area contributed by atoms with Crippen molar-refractivity contribution in [1.82, 2.24) is 9.97 Å². The molecule has 1 atom stereocenters. The smallest absolute Gasteiger partial charge is 0.136 e. The molecule has 1 rings (SSSR count). The number of thioether (sulfide) groups is 1. The third-order valence-electron chi connectivity index (χ3n) is 2.89. The Bertz CT molecular complexity index is 356. The molecule has 0 saturated heterocycles. The minimum Gasteiger partial charge on any atom is -0.355 e. The molecule has 0 saturated carbocycles. The Labute approximate surface area is 108 Å². The zero-order valence-electron chi connectivity index (χ0n) is 11.1. The van der Waals surface area contributed by atoms with Crippen LogP contribution in [0.3, 0.4) is 0 Å². The molecule has 4 nitrogen and oxygen atoms in total. The van der Waals surface area contributed by atoms with Crippen LogP contribution in [0.4, 0.5) is 5.82 Å². The van der Waals surface area contributed by atoms with Gasteiger partial charge in [0.1, 0.15) is 11.6 Å². The van der Waals surface area contributed by atoms with Crippen LogP contribution >= 0.6 is 11.8 Å². The maximum Gasteiger partial charge on any atom is 0.136 e. The molecule has 0 aromatic carbocycles. The molecule has 1 heterocycles. The van der Waals surface area contributed by atoms with Crippen molar-refractivity contribution in [2.75, 3.05) is 24.0 Å². The summed E-state index contributed by atoms with van der Waals surface area (Å²) in [4.78, 5) is 11.0. The molecule has 1 unspecified atom stereocenters. The molecule has 0 aliphatic rings. The van der Waals surface area contributed by atoms with Crippen molar-refractivity contribution in [2.45, 2.75) is 32.9 Å². The predicted molar refractivity (Wildman–Crippen MR) is 75.5 cm³/mol. The number of aromatic nitrogens is 2. The number of hydrogen-bond acceptors (Lipinski definition) is 5. The lowest BCUT2D eigenvalue weighted by molar-refractivity contribution is 0.659. The molecule has 0 spiro atoms. The second-order valence-electron chi connectivity index (χ2n) is 4.10. The zero-order valence-corrected chi connectivity index (χ0v) is 11.9. The first-order valence-corrected chi connectivity index (χ1v) is 7.27. The normalized spacial score (nSPS) is 12.5. The quantitative estimate of drug-likeness (QED) is 0.839. The van der Waals surface area contributed by atoms with Crippen LogP contribution in [-0.4, -0.2) is 35.1 Å². The summed E-state index contributed by atoms with van der Waals surface area (Å²) in [6.45, 7) is 4.59. The maximum absolute atomic E-state index is 5.74. The summed E-state index contributed by atoms with van der Waals surface area (Å²) >= 11 is 1.86. The summed E-state index contributed by atoms with van der Waals surface area (Å²) in [5, 5.41) is 0. The fourth-order valence-electron chi connectivity index (χ4n) is 1.80. The number of nitrogens with zero attached hydrogens (tertiary/aromatic N) is 3. The van der Waals surface area contributed by atoms with Gasteiger partial charge in [0, 0.05) is 37.1 Å². The minimum absolute atomic E-state index is 0.482. The third kappa shape index (κ3) is 3.57. The van der Waals surface area contributed by atoms with E-state index >= 15 is 0 Å². The van der Waals surface area contributed by atoms with Crippen LogP contribution in [0.25, 0.3) is 0 Å². The van der Waals surface area contributed by atoms with E-state index in [1.54, 1.807) is 0 Å². The number of rotatable bonds is 6. The summed E-state index contributed by atoms with van der Waals surface area (Å²) < 4.78 is 0. The number of anilines is 1. The number of aryl methyl sites for hydroxylation is 1. The molecule has 0 fully saturated rings. The first kappa shape index (κ1) is 14.3. The summed E-state index contributed by atoms with van der Waals surface area (Å²) in [6.07, 6.45) is 5.07. The van der Waals surface area contributed by atoms with Gasteiger partial charge in [-0.25, -0.2) is 9.97 Å². The molecule has 96 valence electrons. The molecule has 1 aromatic heterocycles.